The minimum Gasteiger partial charge on any atom is -0.367 e. The molecular weight excluding hydrogens is 280 g/mol. The van der Waals surface area contributed by atoms with Gasteiger partial charge in [-0.2, -0.15) is 5.10 Å². The zero-order chi connectivity index (χ0) is 15.8. The van der Waals surface area contributed by atoms with Gasteiger partial charge in [0, 0.05) is 31.4 Å². The highest BCUT2D eigenvalue weighted by atomic mass is 16.1. The molecule has 0 spiro atoms. The first-order chi connectivity index (χ1) is 10.7. The van der Waals surface area contributed by atoms with E-state index in [-0.39, 0.29) is 11.8 Å². The van der Waals surface area contributed by atoms with Gasteiger partial charge in [-0.25, -0.2) is 4.68 Å². The molecule has 118 valence electrons. The summed E-state index contributed by atoms with van der Waals surface area (Å²) in [4.78, 5) is 11.8. The van der Waals surface area contributed by atoms with E-state index in [1.54, 1.807) is 10.9 Å². The molecule has 22 heavy (non-hydrogen) atoms. The number of nitrogens with one attached hydrogen (secondary N) is 2. The molecule has 2 rings (SSSR count). The summed E-state index contributed by atoms with van der Waals surface area (Å²) >= 11 is 0. The number of amides is 1. The van der Waals surface area contributed by atoms with Crippen molar-refractivity contribution < 1.29 is 4.79 Å². The van der Waals surface area contributed by atoms with Crippen LogP contribution in [0.25, 0.3) is 5.82 Å². The summed E-state index contributed by atoms with van der Waals surface area (Å²) in [6.07, 6.45) is 5.24. The number of hydrogen-bond acceptors (Lipinski definition) is 5. The molecule has 7 nitrogen and oxygen atoms in total. The van der Waals surface area contributed by atoms with Crippen LogP contribution in [-0.4, -0.2) is 39.0 Å². The molecule has 0 fully saturated rings. The summed E-state index contributed by atoms with van der Waals surface area (Å²) < 4.78 is 1.65. The first-order valence-electron chi connectivity index (χ1n) is 7.60. The quantitative estimate of drug-likeness (QED) is 0.724. The molecule has 2 N–H and O–H groups in total. The van der Waals surface area contributed by atoms with Crippen LogP contribution in [0.4, 0.5) is 5.82 Å². The van der Waals surface area contributed by atoms with Gasteiger partial charge < -0.3 is 10.6 Å². The predicted octanol–water partition coefficient (Wildman–Crippen LogP) is 1.63. The van der Waals surface area contributed by atoms with Gasteiger partial charge in [0.2, 0.25) is 5.91 Å². The molecule has 1 amide bonds. The maximum absolute atomic E-state index is 11.8. The van der Waals surface area contributed by atoms with Crippen LogP contribution in [0.15, 0.2) is 30.6 Å². The Labute approximate surface area is 130 Å². The zero-order valence-corrected chi connectivity index (χ0v) is 13.0. The summed E-state index contributed by atoms with van der Waals surface area (Å²) in [6, 6.07) is 5.51. The van der Waals surface area contributed by atoms with Gasteiger partial charge in [-0.1, -0.05) is 13.8 Å². The molecular formula is C15H22N6O. The van der Waals surface area contributed by atoms with Gasteiger partial charge in [-0.3, -0.25) is 4.79 Å². The second-order valence-corrected chi connectivity index (χ2v) is 4.96. The van der Waals surface area contributed by atoms with Crippen molar-refractivity contribution in [2.75, 3.05) is 18.4 Å². The Morgan fingerprint density at radius 3 is 2.64 bits per heavy atom. The van der Waals surface area contributed by atoms with Crippen LogP contribution in [0.2, 0.25) is 0 Å². The third-order valence-electron chi connectivity index (χ3n) is 3.48. The predicted molar refractivity (Wildman–Crippen MR) is 84.7 cm³/mol. The standard InChI is InChI=1S/C15H22N6O/c1-3-12(4-2)15(22)17-10-9-16-13-6-7-14(20-19-13)21-11-5-8-18-21/h5-8,11-12H,3-4,9-10H2,1-2H3,(H,16,19)(H,17,22). The fraction of sp³-hybridized carbons (Fsp3) is 0.467. The van der Waals surface area contributed by atoms with E-state index < -0.39 is 0 Å². The highest BCUT2D eigenvalue weighted by Crippen LogP contribution is 2.07. The highest BCUT2D eigenvalue weighted by Gasteiger charge is 2.12. The van der Waals surface area contributed by atoms with E-state index in [2.05, 4.69) is 25.9 Å². The van der Waals surface area contributed by atoms with Crippen molar-refractivity contribution in [2.24, 2.45) is 5.92 Å². The Balaban J connectivity index is 1.74. The molecule has 7 heteroatoms. The molecule has 0 aromatic carbocycles. The molecule has 0 atom stereocenters. The van der Waals surface area contributed by atoms with Crippen LogP contribution >= 0.6 is 0 Å². The van der Waals surface area contributed by atoms with Crippen LogP contribution in [0.1, 0.15) is 26.7 Å². The summed E-state index contributed by atoms with van der Waals surface area (Å²) in [5, 5.41) is 18.3. The second-order valence-electron chi connectivity index (χ2n) is 4.96. The Hall–Kier alpha value is -2.44. The lowest BCUT2D eigenvalue weighted by molar-refractivity contribution is -0.125. The first-order valence-corrected chi connectivity index (χ1v) is 7.60. The minimum absolute atomic E-state index is 0.105. The van der Waals surface area contributed by atoms with E-state index in [4.69, 9.17) is 0 Å². The highest BCUT2D eigenvalue weighted by molar-refractivity contribution is 5.78. The maximum atomic E-state index is 11.8. The van der Waals surface area contributed by atoms with Crippen molar-refractivity contribution in [1.29, 1.82) is 0 Å². The lowest BCUT2D eigenvalue weighted by atomic mass is 10.0. The Kier molecular flexibility index (Phi) is 5.88. The number of carbonyl (C=O) groups excluding carboxylic acids is 1. The van der Waals surface area contributed by atoms with E-state index in [0.29, 0.717) is 24.7 Å². The lowest BCUT2D eigenvalue weighted by Gasteiger charge is -2.13. The molecule has 0 aliphatic carbocycles. The van der Waals surface area contributed by atoms with Gasteiger partial charge in [0.1, 0.15) is 5.82 Å². The molecule has 2 aromatic rings. The van der Waals surface area contributed by atoms with Gasteiger partial charge in [0.05, 0.1) is 0 Å². The molecule has 0 saturated heterocycles. The molecule has 2 heterocycles. The average molecular weight is 302 g/mol. The number of rotatable bonds is 8. The van der Waals surface area contributed by atoms with Gasteiger partial charge in [-0.15, -0.1) is 10.2 Å². The largest absolute Gasteiger partial charge is 0.367 e. The van der Waals surface area contributed by atoms with Crippen molar-refractivity contribution in [1.82, 2.24) is 25.3 Å². The van der Waals surface area contributed by atoms with Crippen molar-refractivity contribution in [3.05, 3.63) is 30.6 Å². The Bertz CT molecular complexity index is 562. The van der Waals surface area contributed by atoms with E-state index >= 15 is 0 Å². The maximum Gasteiger partial charge on any atom is 0.223 e. The molecule has 2 aromatic heterocycles. The number of hydrogen-bond donors (Lipinski definition) is 2. The first kappa shape index (κ1) is 15.9. The molecule has 0 bridgehead atoms. The molecule has 0 aliphatic rings. The number of aromatic nitrogens is 4. The van der Waals surface area contributed by atoms with Crippen LogP contribution in [-0.2, 0) is 4.79 Å². The average Bonchev–Trinajstić information content (AvgIpc) is 3.08. The van der Waals surface area contributed by atoms with Crippen molar-refractivity contribution in [2.45, 2.75) is 26.7 Å². The van der Waals surface area contributed by atoms with Crippen molar-refractivity contribution >= 4 is 11.7 Å². The van der Waals surface area contributed by atoms with E-state index in [9.17, 15) is 4.79 Å². The topological polar surface area (TPSA) is 84.7 Å². The zero-order valence-electron chi connectivity index (χ0n) is 13.0. The van der Waals surface area contributed by atoms with Crippen LogP contribution < -0.4 is 10.6 Å². The van der Waals surface area contributed by atoms with Crippen LogP contribution in [0.3, 0.4) is 0 Å². The number of anilines is 1. The summed E-state index contributed by atoms with van der Waals surface area (Å²) in [7, 11) is 0. The number of nitrogens with zero attached hydrogens (tertiary/aromatic N) is 4. The van der Waals surface area contributed by atoms with Crippen molar-refractivity contribution in [3.8, 4) is 5.82 Å². The van der Waals surface area contributed by atoms with Gasteiger partial charge >= 0.3 is 0 Å². The number of carbonyl (C=O) groups is 1. The lowest BCUT2D eigenvalue weighted by Crippen LogP contribution is -2.33. The third kappa shape index (κ3) is 4.28. The van der Waals surface area contributed by atoms with Gasteiger partial charge in [-0.05, 0) is 31.0 Å². The fourth-order valence-corrected chi connectivity index (χ4v) is 2.13. The van der Waals surface area contributed by atoms with E-state index in [1.807, 2.05) is 38.2 Å². The van der Waals surface area contributed by atoms with Gasteiger partial charge in [0.25, 0.3) is 0 Å². The van der Waals surface area contributed by atoms with Crippen LogP contribution in [0.5, 0.6) is 0 Å². The molecule has 0 radical (unpaired) electrons. The summed E-state index contributed by atoms with van der Waals surface area (Å²) in [6.45, 7) is 5.24. The van der Waals surface area contributed by atoms with E-state index in [0.717, 1.165) is 12.8 Å². The van der Waals surface area contributed by atoms with E-state index in [1.165, 1.54) is 0 Å². The second kappa shape index (κ2) is 8.11. The Morgan fingerprint density at radius 2 is 2.05 bits per heavy atom. The minimum atomic E-state index is 0.105. The Morgan fingerprint density at radius 1 is 1.23 bits per heavy atom. The SMILES string of the molecule is CCC(CC)C(=O)NCCNc1ccc(-n2cccn2)nn1. The monoisotopic (exact) mass is 302 g/mol. The normalized spacial score (nSPS) is 10.7. The van der Waals surface area contributed by atoms with Crippen LogP contribution in [0, 0.1) is 5.92 Å². The van der Waals surface area contributed by atoms with Crippen molar-refractivity contribution in [3.63, 3.8) is 0 Å². The molecule has 0 saturated carbocycles. The van der Waals surface area contributed by atoms with Gasteiger partial charge in [0.15, 0.2) is 5.82 Å². The molecule has 0 aliphatic heterocycles. The summed E-state index contributed by atoms with van der Waals surface area (Å²) in [5.74, 6) is 1.56. The molecule has 0 unspecified atom stereocenters. The smallest absolute Gasteiger partial charge is 0.223 e. The third-order valence-corrected chi connectivity index (χ3v) is 3.48. The summed E-state index contributed by atoms with van der Waals surface area (Å²) in [5.41, 5.74) is 0. The fourth-order valence-electron chi connectivity index (χ4n) is 2.13.